The van der Waals surface area contributed by atoms with E-state index in [0.29, 0.717) is 6.61 Å². The molecule has 0 amide bonds. The van der Waals surface area contributed by atoms with E-state index in [1.165, 1.54) is 24.3 Å². The molecule has 0 unspecified atom stereocenters. The summed E-state index contributed by atoms with van der Waals surface area (Å²) < 4.78 is 5.03. The minimum Gasteiger partial charge on any atom is -0.383 e. The van der Waals surface area contributed by atoms with Crippen LogP contribution in [0.3, 0.4) is 0 Å². The second-order valence-corrected chi connectivity index (χ2v) is 6.70. The average Bonchev–Trinajstić information content (AvgIpc) is 2.48. The maximum Gasteiger partial charge on any atom is 0.169 e. The van der Waals surface area contributed by atoms with E-state index in [0.717, 1.165) is 43.9 Å². The van der Waals surface area contributed by atoms with Crippen molar-refractivity contribution >= 4 is 29.1 Å². The number of rotatable bonds is 4. The third kappa shape index (κ3) is 4.77. The van der Waals surface area contributed by atoms with Crippen LogP contribution in [0, 0.1) is 0 Å². The number of piperazine rings is 1. The summed E-state index contributed by atoms with van der Waals surface area (Å²) in [6.45, 7) is 5.93. The van der Waals surface area contributed by atoms with E-state index in [4.69, 9.17) is 17.0 Å². The molecule has 0 bridgehead atoms. The lowest BCUT2D eigenvalue weighted by atomic mass is 10.1. The summed E-state index contributed by atoms with van der Waals surface area (Å²) in [5.41, 5.74) is 0. The summed E-state index contributed by atoms with van der Waals surface area (Å²) in [5.74, 6) is 2.67. The van der Waals surface area contributed by atoms with Gasteiger partial charge >= 0.3 is 0 Å². The largest absolute Gasteiger partial charge is 0.383 e. The first-order valence-electron chi connectivity index (χ1n) is 7.15. The van der Waals surface area contributed by atoms with E-state index in [1.54, 1.807) is 7.11 Å². The highest BCUT2D eigenvalue weighted by molar-refractivity contribution is 7.99. The van der Waals surface area contributed by atoms with Gasteiger partial charge in [-0.2, -0.15) is 11.8 Å². The molecule has 2 fully saturated rings. The van der Waals surface area contributed by atoms with E-state index in [9.17, 15) is 0 Å². The van der Waals surface area contributed by atoms with Gasteiger partial charge in [0.25, 0.3) is 0 Å². The number of ether oxygens (including phenoxy) is 1. The van der Waals surface area contributed by atoms with Crippen LogP contribution in [0.25, 0.3) is 0 Å². The Labute approximate surface area is 126 Å². The molecule has 0 radical (unpaired) electrons. The van der Waals surface area contributed by atoms with Gasteiger partial charge in [-0.3, -0.25) is 4.90 Å². The smallest absolute Gasteiger partial charge is 0.169 e. The van der Waals surface area contributed by atoms with Gasteiger partial charge in [-0.1, -0.05) is 0 Å². The van der Waals surface area contributed by atoms with Crippen LogP contribution in [0.2, 0.25) is 0 Å². The Morgan fingerprint density at radius 3 is 2.58 bits per heavy atom. The van der Waals surface area contributed by atoms with Crippen molar-refractivity contribution in [3.05, 3.63) is 0 Å². The van der Waals surface area contributed by atoms with Crippen LogP contribution in [0.5, 0.6) is 0 Å². The molecule has 2 aliphatic rings. The van der Waals surface area contributed by atoms with E-state index >= 15 is 0 Å². The number of nitrogens with zero attached hydrogens (tertiary/aromatic N) is 2. The molecule has 110 valence electrons. The van der Waals surface area contributed by atoms with Gasteiger partial charge in [-0.25, -0.2) is 0 Å². The summed E-state index contributed by atoms with van der Waals surface area (Å²) in [6, 6.07) is 0.818. The van der Waals surface area contributed by atoms with Crippen molar-refractivity contribution in [2.75, 3.05) is 57.9 Å². The lowest BCUT2D eigenvalue weighted by Gasteiger charge is -2.41. The Hall–Kier alpha value is -0.0400. The monoisotopic (exact) mass is 303 g/mol. The Balaban J connectivity index is 1.68. The molecular formula is C13H25N3OS2. The van der Waals surface area contributed by atoms with Crippen molar-refractivity contribution in [2.24, 2.45) is 0 Å². The van der Waals surface area contributed by atoms with E-state index in [2.05, 4.69) is 26.9 Å². The van der Waals surface area contributed by atoms with Crippen LogP contribution in [0.15, 0.2) is 0 Å². The van der Waals surface area contributed by atoms with Gasteiger partial charge in [0.05, 0.1) is 6.61 Å². The van der Waals surface area contributed by atoms with Crippen LogP contribution < -0.4 is 5.32 Å². The van der Waals surface area contributed by atoms with E-state index < -0.39 is 0 Å². The van der Waals surface area contributed by atoms with Gasteiger partial charge in [0.15, 0.2) is 5.11 Å². The van der Waals surface area contributed by atoms with Gasteiger partial charge in [0.1, 0.15) is 0 Å². The molecule has 1 N–H and O–H groups in total. The van der Waals surface area contributed by atoms with Crippen molar-refractivity contribution < 1.29 is 4.74 Å². The van der Waals surface area contributed by atoms with Crippen LogP contribution in [0.4, 0.5) is 0 Å². The molecule has 0 aromatic rings. The Morgan fingerprint density at radius 1 is 1.26 bits per heavy atom. The third-order valence-corrected chi connectivity index (χ3v) is 5.34. The molecule has 0 saturated carbocycles. The quantitative estimate of drug-likeness (QED) is 0.616. The first kappa shape index (κ1) is 15.4. The summed E-state index contributed by atoms with van der Waals surface area (Å²) in [5, 5.41) is 4.14. The molecular weight excluding hydrogens is 278 g/mol. The zero-order valence-electron chi connectivity index (χ0n) is 11.8. The summed E-state index contributed by atoms with van der Waals surface area (Å²) >= 11 is 7.52. The summed E-state index contributed by atoms with van der Waals surface area (Å²) in [7, 11) is 1.71. The summed E-state index contributed by atoms with van der Waals surface area (Å²) in [4.78, 5) is 4.95. The van der Waals surface area contributed by atoms with Gasteiger partial charge < -0.3 is 15.0 Å². The van der Waals surface area contributed by atoms with Crippen LogP contribution in [-0.4, -0.2) is 78.9 Å². The molecule has 19 heavy (non-hydrogen) atoms. The number of hydrogen-bond donors (Lipinski definition) is 1. The topological polar surface area (TPSA) is 27.7 Å². The molecule has 0 aromatic carbocycles. The fourth-order valence-corrected chi connectivity index (χ4v) is 4.08. The zero-order valence-corrected chi connectivity index (χ0v) is 13.4. The van der Waals surface area contributed by atoms with Crippen molar-refractivity contribution in [3.8, 4) is 0 Å². The maximum absolute atomic E-state index is 5.42. The number of hydrogen-bond acceptors (Lipinski definition) is 4. The van der Waals surface area contributed by atoms with Gasteiger partial charge in [0, 0.05) is 45.9 Å². The molecule has 2 aliphatic heterocycles. The highest BCUT2D eigenvalue weighted by Crippen LogP contribution is 2.22. The van der Waals surface area contributed by atoms with E-state index in [1.807, 2.05) is 0 Å². The molecule has 0 spiro atoms. The second kappa shape index (κ2) is 8.29. The number of thioether (sulfide) groups is 1. The third-order valence-electron chi connectivity index (χ3n) is 3.89. The minimum atomic E-state index is 0.708. The summed E-state index contributed by atoms with van der Waals surface area (Å²) in [6.07, 6.45) is 2.72. The number of methoxy groups -OCH3 is 1. The normalized spacial score (nSPS) is 22.5. The van der Waals surface area contributed by atoms with Gasteiger partial charge in [-0.15, -0.1) is 0 Å². The molecule has 2 saturated heterocycles. The fourth-order valence-electron chi connectivity index (χ4n) is 2.71. The highest BCUT2D eigenvalue weighted by atomic mass is 32.2. The Kier molecular flexibility index (Phi) is 6.70. The Bertz CT molecular complexity index is 277. The zero-order chi connectivity index (χ0) is 13.5. The average molecular weight is 303 g/mol. The Morgan fingerprint density at radius 2 is 1.95 bits per heavy atom. The minimum absolute atomic E-state index is 0.708. The molecule has 0 atom stereocenters. The van der Waals surface area contributed by atoms with E-state index in [-0.39, 0.29) is 0 Å². The van der Waals surface area contributed by atoms with Crippen molar-refractivity contribution in [1.29, 1.82) is 0 Å². The number of nitrogens with one attached hydrogen (secondary N) is 1. The van der Waals surface area contributed by atoms with Crippen LogP contribution in [-0.2, 0) is 4.74 Å². The van der Waals surface area contributed by atoms with Crippen LogP contribution >= 0.6 is 24.0 Å². The molecule has 0 aromatic heterocycles. The maximum atomic E-state index is 5.42. The van der Waals surface area contributed by atoms with Crippen molar-refractivity contribution in [3.63, 3.8) is 0 Å². The molecule has 6 heteroatoms. The lowest BCUT2D eigenvalue weighted by molar-refractivity contribution is 0.124. The predicted molar refractivity (Wildman–Crippen MR) is 86.0 cm³/mol. The molecule has 2 heterocycles. The first-order chi connectivity index (χ1) is 9.31. The molecule has 0 aliphatic carbocycles. The SMILES string of the molecule is COCCNC(=S)N1CCN(C2CCSCC2)CC1. The van der Waals surface area contributed by atoms with Crippen LogP contribution in [0.1, 0.15) is 12.8 Å². The van der Waals surface area contributed by atoms with Crippen molar-refractivity contribution in [1.82, 2.24) is 15.1 Å². The second-order valence-electron chi connectivity index (χ2n) is 5.09. The number of thiocarbonyl (C=S) groups is 1. The molecule has 2 rings (SSSR count). The standard InChI is InChI=1S/C13H25N3OS2/c1-17-9-4-14-13(18)16-7-5-15(6-8-16)12-2-10-19-11-3-12/h12H,2-11H2,1H3,(H,14,18). The fraction of sp³-hybridized carbons (Fsp3) is 0.923. The first-order valence-corrected chi connectivity index (χ1v) is 8.71. The predicted octanol–water partition coefficient (Wildman–Crippen LogP) is 1.02. The van der Waals surface area contributed by atoms with Gasteiger partial charge in [0.2, 0.25) is 0 Å². The van der Waals surface area contributed by atoms with Gasteiger partial charge in [-0.05, 0) is 36.6 Å². The molecule has 4 nitrogen and oxygen atoms in total. The highest BCUT2D eigenvalue weighted by Gasteiger charge is 2.25. The van der Waals surface area contributed by atoms with Crippen molar-refractivity contribution in [2.45, 2.75) is 18.9 Å². The lowest BCUT2D eigenvalue weighted by Crippen LogP contribution is -2.54.